The highest BCUT2D eigenvalue weighted by Crippen LogP contribution is 2.54. The summed E-state index contributed by atoms with van der Waals surface area (Å²) in [5.41, 5.74) is -0.178. The average molecular weight is 257 g/mol. The fraction of sp³-hybridized carbons (Fsp3) is 0.538. The van der Waals surface area contributed by atoms with Crippen molar-refractivity contribution in [3.05, 3.63) is 22.7 Å². The Morgan fingerprint density at radius 3 is 2.47 bits per heavy atom. The van der Waals surface area contributed by atoms with Crippen LogP contribution >= 0.6 is 11.6 Å². The molecule has 0 atom stereocenters. The summed E-state index contributed by atoms with van der Waals surface area (Å²) >= 11 is 6.17. The van der Waals surface area contributed by atoms with Crippen LogP contribution < -0.4 is 9.47 Å². The zero-order valence-corrected chi connectivity index (χ0v) is 11.0. The zero-order chi connectivity index (χ0) is 12.6. The molecule has 0 heterocycles. The molecule has 1 aromatic carbocycles. The zero-order valence-electron chi connectivity index (χ0n) is 10.3. The molecule has 0 aliphatic heterocycles. The number of ether oxygens (including phenoxy) is 2. The molecule has 3 nitrogen and oxygen atoms in total. The number of halogens is 1. The van der Waals surface area contributed by atoms with Gasteiger partial charge in [-0.05, 0) is 38.8 Å². The van der Waals surface area contributed by atoms with Gasteiger partial charge in [-0.3, -0.25) is 0 Å². The maximum Gasteiger partial charge on any atom is 0.169 e. The topological polar surface area (TPSA) is 38.7 Å². The summed E-state index contributed by atoms with van der Waals surface area (Å²) in [7, 11) is 1.58. The van der Waals surface area contributed by atoms with E-state index in [1.165, 1.54) is 0 Å². The normalized spacial score (nSPS) is 17.1. The second-order valence-electron chi connectivity index (χ2n) is 4.65. The molecular weight excluding hydrogens is 240 g/mol. The first-order chi connectivity index (χ1) is 7.98. The van der Waals surface area contributed by atoms with Crippen molar-refractivity contribution < 1.29 is 14.6 Å². The van der Waals surface area contributed by atoms with E-state index in [9.17, 15) is 5.11 Å². The molecule has 1 saturated carbocycles. The average Bonchev–Trinajstić information content (AvgIpc) is 2.96. The van der Waals surface area contributed by atoms with Gasteiger partial charge in [0.15, 0.2) is 11.5 Å². The van der Waals surface area contributed by atoms with E-state index in [1.54, 1.807) is 19.2 Å². The van der Waals surface area contributed by atoms with Crippen LogP contribution in [0.2, 0.25) is 5.02 Å². The van der Waals surface area contributed by atoms with Crippen molar-refractivity contribution in [2.75, 3.05) is 7.11 Å². The summed E-state index contributed by atoms with van der Waals surface area (Å²) < 4.78 is 11.0. The van der Waals surface area contributed by atoms with Gasteiger partial charge in [-0.1, -0.05) is 11.6 Å². The molecule has 0 unspecified atom stereocenters. The molecule has 4 heteroatoms. The number of methoxy groups -OCH3 is 1. The lowest BCUT2D eigenvalue weighted by Gasteiger charge is -2.21. The van der Waals surface area contributed by atoms with Crippen molar-refractivity contribution in [2.24, 2.45) is 0 Å². The molecule has 17 heavy (non-hydrogen) atoms. The highest BCUT2D eigenvalue weighted by Gasteiger charge is 2.46. The van der Waals surface area contributed by atoms with E-state index in [4.69, 9.17) is 21.1 Å². The molecule has 1 N–H and O–H groups in total. The molecular formula is C13H17ClO3. The van der Waals surface area contributed by atoms with Gasteiger partial charge in [0.25, 0.3) is 0 Å². The minimum atomic E-state index is -0.837. The lowest BCUT2D eigenvalue weighted by Crippen LogP contribution is -2.14. The van der Waals surface area contributed by atoms with Gasteiger partial charge < -0.3 is 14.6 Å². The van der Waals surface area contributed by atoms with Gasteiger partial charge in [0, 0.05) is 5.56 Å². The van der Waals surface area contributed by atoms with Gasteiger partial charge in [0.05, 0.1) is 23.8 Å². The second kappa shape index (κ2) is 4.39. The highest BCUT2D eigenvalue weighted by atomic mass is 35.5. The Morgan fingerprint density at radius 2 is 2.00 bits per heavy atom. The fourth-order valence-corrected chi connectivity index (χ4v) is 2.18. The van der Waals surface area contributed by atoms with Crippen molar-refractivity contribution in [1.29, 1.82) is 0 Å². The maximum absolute atomic E-state index is 10.3. The Kier molecular flexibility index (Phi) is 3.23. The second-order valence-corrected chi connectivity index (χ2v) is 5.06. The minimum Gasteiger partial charge on any atom is -0.493 e. The Bertz CT molecular complexity index is 425. The Balaban J connectivity index is 2.53. The van der Waals surface area contributed by atoms with Crippen LogP contribution in [0.5, 0.6) is 11.5 Å². The van der Waals surface area contributed by atoms with Crippen molar-refractivity contribution in [1.82, 2.24) is 0 Å². The standard InChI is InChI=1S/C13H17ClO3/c1-8(2)17-12-10(16-3)5-4-9(14)11(12)13(15)6-7-13/h4-5,8,15H,6-7H2,1-3H3. The molecule has 0 bridgehead atoms. The van der Waals surface area contributed by atoms with Crippen LogP contribution in [0, 0.1) is 0 Å². The summed E-state index contributed by atoms with van der Waals surface area (Å²) in [5, 5.41) is 10.8. The first-order valence-electron chi connectivity index (χ1n) is 5.74. The molecule has 0 amide bonds. The number of hydrogen-bond acceptors (Lipinski definition) is 3. The van der Waals surface area contributed by atoms with E-state index >= 15 is 0 Å². The summed E-state index contributed by atoms with van der Waals surface area (Å²) in [6, 6.07) is 3.49. The van der Waals surface area contributed by atoms with Crippen molar-refractivity contribution >= 4 is 11.6 Å². The third-order valence-corrected chi connectivity index (χ3v) is 3.15. The molecule has 0 saturated heterocycles. The molecule has 0 aromatic heterocycles. The maximum atomic E-state index is 10.3. The van der Waals surface area contributed by atoms with E-state index < -0.39 is 5.60 Å². The Hall–Kier alpha value is -0.930. The predicted molar refractivity (Wildman–Crippen MR) is 66.9 cm³/mol. The third-order valence-electron chi connectivity index (χ3n) is 2.83. The largest absolute Gasteiger partial charge is 0.493 e. The highest BCUT2D eigenvalue weighted by molar-refractivity contribution is 6.31. The minimum absolute atomic E-state index is 0.00321. The van der Waals surface area contributed by atoms with Gasteiger partial charge in [-0.15, -0.1) is 0 Å². The van der Waals surface area contributed by atoms with Crippen LogP contribution in [0.4, 0.5) is 0 Å². The molecule has 1 aromatic rings. The van der Waals surface area contributed by atoms with E-state index in [1.807, 2.05) is 13.8 Å². The van der Waals surface area contributed by atoms with Crippen LogP contribution in [0.25, 0.3) is 0 Å². The van der Waals surface area contributed by atoms with Crippen LogP contribution in [0.1, 0.15) is 32.3 Å². The summed E-state index contributed by atoms with van der Waals surface area (Å²) in [6.07, 6.45) is 1.44. The van der Waals surface area contributed by atoms with Crippen molar-refractivity contribution in [3.63, 3.8) is 0 Å². The van der Waals surface area contributed by atoms with Gasteiger partial charge in [-0.25, -0.2) is 0 Å². The van der Waals surface area contributed by atoms with E-state index in [2.05, 4.69) is 0 Å². The number of hydrogen-bond donors (Lipinski definition) is 1. The first kappa shape index (κ1) is 12.5. The summed E-state index contributed by atoms with van der Waals surface area (Å²) in [4.78, 5) is 0. The van der Waals surface area contributed by atoms with Gasteiger partial charge in [0.2, 0.25) is 0 Å². The van der Waals surface area contributed by atoms with E-state index in [-0.39, 0.29) is 6.10 Å². The molecule has 1 fully saturated rings. The lowest BCUT2D eigenvalue weighted by atomic mass is 10.1. The van der Waals surface area contributed by atoms with Gasteiger partial charge >= 0.3 is 0 Å². The number of aliphatic hydroxyl groups is 1. The summed E-state index contributed by atoms with van der Waals surface area (Å²) in [6.45, 7) is 3.86. The van der Waals surface area contributed by atoms with E-state index in [0.717, 1.165) is 0 Å². The molecule has 2 rings (SSSR count). The fourth-order valence-electron chi connectivity index (χ4n) is 1.85. The van der Waals surface area contributed by atoms with Gasteiger partial charge in [-0.2, -0.15) is 0 Å². The number of benzene rings is 1. The van der Waals surface area contributed by atoms with Crippen molar-refractivity contribution in [3.8, 4) is 11.5 Å². The van der Waals surface area contributed by atoms with Crippen molar-refractivity contribution in [2.45, 2.75) is 38.4 Å². The third kappa shape index (κ3) is 2.35. The smallest absolute Gasteiger partial charge is 0.169 e. The van der Waals surface area contributed by atoms with Gasteiger partial charge in [0.1, 0.15) is 0 Å². The lowest BCUT2D eigenvalue weighted by molar-refractivity contribution is 0.140. The SMILES string of the molecule is COc1ccc(Cl)c(C2(O)CC2)c1OC(C)C. The molecule has 1 aliphatic carbocycles. The molecule has 0 radical (unpaired) electrons. The predicted octanol–water partition coefficient (Wildman–Crippen LogP) is 3.12. The monoisotopic (exact) mass is 256 g/mol. The molecule has 0 spiro atoms. The van der Waals surface area contributed by atoms with Crippen LogP contribution in [-0.4, -0.2) is 18.3 Å². The van der Waals surface area contributed by atoms with Crippen LogP contribution in [0.15, 0.2) is 12.1 Å². The Morgan fingerprint density at radius 1 is 1.35 bits per heavy atom. The van der Waals surface area contributed by atoms with E-state index in [0.29, 0.717) is 34.9 Å². The molecule has 1 aliphatic rings. The van der Waals surface area contributed by atoms with Crippen LogP contribution in [0.3, 0.4) is 0 Å². The Labute approximate surface area is 106 Å². The molecule has 94 valence electrons. The first-order valence-corrected chi connectivity index (χ1v) is 6.12. The summed E-state index contributed by atoms with van der Waals surface area (Å²) in [5.74, 6) is 1.17. The number of rotatable bonds is 4. The quantitative estimate of drug-likeness (QED) is 0.900. The van der Waals surface area contributed by atoms with Crippen LogP contribution in [-0.2, 0) is 5.60 Å².